The van der Waals surface area contributed by atoms with Gasteiger partial charge in [-0.15, -0.1) is 11.8 Å². The van der Waals surface area contributed by atoms with Crippen LogP contribution >= 0.6 is 11.8 Å². The van der Waals surface area contributed by atoms with Gasteiger partial charge in [0, 0.05) is 16.2 Å². The van der Waals surface area contributed by atoms with Crippen LogP contribution in [0.2, 0.25) is 0 Å². The van der Waals surface area contributed by atoms with Gasteiger partial charge in [0.25, 0.3) is 0 Å². The van der Waals surface area contributed by atoms with Crippen LogP contribution in [-0.4, -0.2) is 16.4 Å². The van der Waals surface area contributed by atoms with Gasteiger partial charge in [0.2, 0.25) is 0 Å². The summed E-state index contributed by atoms with van der Waals surface area (Å²) in [6.07, 6.45) is 4.73. The lowest BCUT2D eigenvalue weighted by molar-refractivity contribution is 0.451. The number of phenols is 1. The second-order valence-corrected chi connectivity index (χ2v) is 5.52. The number of hydrogen-bond acceptors (Lipinski definition) is 3. The van der Waals surface area contributed by atoms with Crippen molar-refractivity contribution < 1.29 is 5.11 Å². The van der Waals surface area contributed by atoms with Gasteiger partial charge in [-0.25, -0.2) is 0 Å². The van der Waals surface area contributed by atoms with Gasteiger partial charge in [-0.05, 0) is 49.9 Å². The fraction of sp³-hybridized carbons (Fsp3) is 0.500. The van der Waals surface area contributed by atoms with Crippen molar-refractivity contribution in [3.8, 4) is 5.75 Å². The number of rotatable bonds is 2. The minimum absolute atomic E-state index is 0.338. The van der Waals surface area contributed by atoms with Crippen LogP contribution < -0.4 is 5.73 Å². The third-order valence-electron chi connectivity index (χ3n) is 2.86. The van der Waals surface area contributed by atoms with Crippen molar-refractivity contribution in [1.82, 2.24) is 0 Å². The maximum Gasteiger partial charge on any atom is 0.115 e. The summed E-state index contributed by atoms with van der Waals surface area (Å²) < 4.78 is 0. The molecule has 1 fully saturated rings. The molecular formula is C12H17NOS. The van der Waals surface area contributed by atoms with Crippen LogP contribution in [0.25, 0.3) is 0 Å². The zero-order valence-electron chi connectivity index (χ0n) is 8.73. The molecule has 0 bridgehead atoms. The van der Waals surface area contributed by atoms with E-state index in [9.17, 15) is 5.11 Å². The highest BCUT2D eigenvalue weighted by molar-refractivity contribution is 8.00. The first-order valence-electron chi connectivity index (χ1n) is 5.45. The predicted octanol–water partition coefficient (Wildman–Crippen LogP) is 2.75. The van der Waals surface area contributed by atoms with Crippen LogP contribution in [0.5, 0.6) is 5.75 Å². The molecule has 82 valence electrons. The van der Waals surface area contributed by atoms with Gasteiger partial charge in [0.05, 0.1) is 0 Å². The maximum atomic E-state index is 9.17. The fourth-order valence-electron chi connectivity index (χ4n) is 1.92. The van der Waals surface area contributed by atoms with E-state index in [1.165, 1.54) is 17.7 Å². The van der Waals surface area contributed by atoms with Crippen LogP contribution in [0.1, 0.15) is 25.7 Å². The monoisotopic (exact) mass is 223 g/mol. The van der Waals surface area contributed by atoms with Crippen LogP contribution in [0.15, 0.2) is 29.2 Å². The van der Waals surface area contributed by atoms with Crippen LogP contribution in [-0.2, 0) is 0 Å². The standard InChI is InChI=1S/C12H17NOS/c13-9-1-5-11(6-2-9)15-12-7-3-10(14)4-8-12/h3-4,7-9,11,14H,1-2,5-6,13H2. The Labute approximate surface area is 94.9 Å². The number of hydrogen-bond donors (Lipinski definition) is 2. The summed E-state index contributed by atoms with van der Waals surface area (Å²) in [6, 6.07) is 7.87. The van der Waals surface area contributed by atoms with Gasteiger partial charge in [0.1, 0.15) is 5.75 Å². The Morgan fingerprint density at radius 1 is 1.07 bits per heavy atom. The molecule has 0 aliphatic heterocycles. The van der Waals surface area contributed by atoms with E-state index >= 15 is 0 Å². The van der Waals surface area contributed by atoms with Crippen LogP contribution in [0.4, 0.5) is 0 Å². The molecule has 1 saturated carbocycles. The summed E-state index contributed by atoms with van der Waals surface area (Å²) in [4.78, 5) is 1.24. The van der Waals surface area contributed by atoms with Gasteiger partial charge in [-0.2, -0.15) is 0 Å². The normalized spacial score (nSPS) is 26.5. The maximum absolute atomic E-state index is 9.17. The highest BCUT2D eigenvalue weighted by Crippen LogP contribution is 2.33. The summed E-state index contributed by atoms with van der Waals surface area (Å²) in [6.45, 7) is 0. The minimum atomic E-state index is 0.338. The molecule has 2 rings (SSSR count). The minimum Gasteiger partial charge on any atom is -0.508 e. The van der Waals surface area contributed by atoms with Crippen molar-refractivity contribution in [1.29, 1.82) is 0 Å². The predicted molar refractivity (Wildman–Crippen MR) is 64.2 cm³/mol. The van der Waals surface area contributed by atoms with Crippen molar-refractivity contribution >= 4 is 11.8 Å². The molecule has 1 aromatic rings. The zero-order chi connectivity index (χ0) is 10.7. The quantitative estimate of drug-likeness (QED) is 0.810. The number of nitrogens with two attached hydrogens (primary N) is 1. The Morgan fingerprint density at radius 2 is 1.67 bits per heavy atom. The summed E-state index contributed by atoms with van der Waals surface area (Å²) in [5, 5.41) is 9.87. The number of thioether (sulfide) groups is 1. The molecule has 2 nitrogen and oxygen atoms in total. The average Bonchev–Trinajstić information content (AvgIpc) is 2.25. The topological polar surface area (TPSA) is 46.2 Å². The van der Waals surface area contributed by atoms with E-state index in [1.54, 1.807) is 12.1 Å². The molecule has 1 aromatic carbocycles. The van der Waals surface area contributed by atoms with Crippen LogP contribution in [0, 0.1) is 0 Å². The highest BCUT2D eigenvalue weighted by Gasteiger charge is 2.19. The van der Waals surface area contributed by atoms with E-state index in [-0.39, 0.29) is 0 Å². The molecule has 0 spiro atoms. The van der Waals surface area contributed by atoms with E-state index in [4.69, 9.17) is 5.73 Å². The first-order valence-corrected chi connectivity index (χ1v) is 6.33. The van der Waals surface area contributed by atoms with E-state index in [0.29, 0.717) is 17.0 Å². The molecule has 3 heteroatoms. The van der Waals surface area contributed by atoms with Gasteiger partial charge >= 0.3 is 0 Å². The zero-order valence-corrected chi connectivity index (χ0v) is 9.54. The Balaban J connectivity index is 1.89. The van der Waals surface area contributed by atoms with Gasteiger partial charge in [0.15, 0.2) is 0 Å². The molecule has 0 heterocycles. The molecule has 0 aromatic heterocycles. The number of benzene rings is 1. The van der Waals surface area contributed by atoms with E-state index in [1.807, 2.05) is 23.9 Å². The lowest BCUT2D eigenvalue weighted by Crippen LogP contribution is -2.27. The summed E-state index contributed by atoms with van der Waals surface area (Å²) in [5.41, 5.74) is 5.87. The summed E-state index contributed by atoms with van der Waals surface area (Å²) in [5.74, 6) is 0.338. The fourth-order valence-corrected chi connectivity index (χ4v) is 3.11. The van der Waals surface area contributed by atoms with Crippen molar-refractivity contribution in [2.24, 2.45) is 5.73 Å². The Bertz CT molecular complexity index is 304. The van der Waals surface area contributed by atoms with Crippen molar-refractivity contribution in [2.45, 2.75) is 41.9 Å². The molecule has 1 aliphatic rings. The largest absolute Gasteiger partial charge is 0.508 e. The highest BCUT2D eigenvalue weighted by atomic mass is 32.2. The molecule has 0 radical (unpaired) electrons. The van der Waals surface area contributed by atoms with Crippen molar-refractivity contribution in [3.05, 3.63) is 24.3 Å². The summed E-state index contributed by atoms with van der Waals surface area (Å²) in [7, 11) is 0. The Hall–Kier alpha value is -0.670. The smallest absolute Gasteiger partial charge is 0.115 e. The first-order chi connectivity index (χ1) is 7.24. The third kappa shape index (κ3) is 3.14. The van der Waals surface area contributed by atoms with Crippen molar-refractivity contribution in [3.63, 3.8) is 0 Å². The number of phenolic OH excluding ortho intramolecular Hbond substituents is 1. The lowest BCUT2D eigenvalue weighted by atomic mass is 9.96. The summed E-state index contributed by atoms with van der Waals surface area (Å²) >= 11 is 1.91. The Kier molecular flexibility index (Phi) is 3.54. The van der Waals surface area contributed by atoms with Crippen LogP contribution in [0.3, 0.4) is 0 Å². The molecule has 0 unspecified atom stereocenters. The first kappa shape index (κ1) is 10.8. The average molecular weight is 223 g/mol. The molecule has 0 atom stereocenters. The van der Waals surface area contributed by atoms with Gasteiger partial charge in [-0.3, -0.25) is 0 Å². The molecule has 1 aliphatic carbocycles. The van der Waals surface area contributed by atoms with Gasteiger partial charge in [-0.1, -0.05) is 0 Å². The third-order valence-corrected chi connectivity index (χ3v) is 4.21. The molecule has 0 saturated heterocycles. The molecule has 15 heavy (non-hydrogen) atoms. The molecule has 3 N–H and O–H groups in total. The van der Waals surface area contributed by atoms with Gasteiger partial charge < -0.3 is 10.8 Å². The SMILES string of the molecule is NC1CCC(Sc2ccc(O)cc2)CC1. The molecular weight excluding hydrogens is 206 g/mol. The molecule has 0 amide bonds. The van der Waals surface area contributed by atoms with E-state index < -0.39 is 0 Å². The lowest BCUT2D eigenvalue weighted by Gasteiger charge is -2.25. The van der Waals surface area contributed by atoms with Crippen molar-refractivity contribution in [2.75, 3.05) is 0 Å². The second-order valence-electron chi connectivity index (χ2n) is 4.15. The second kappa shape index (κ2) is 4.90. The van der Waals surface area contributed by atoms with E-state index in [0.717, 1.165) is 12.8 Å². The van der Waals surface area contributed by atoms with E-state index in [2.05, 4.69) is 0 Å². The number of aromatic hydroxyl groups is 1. The Morgan fingerprint density at radius 3 is 2.27 bits per heavy atom.